The monoisotopic (exact) mass is 314 g/mol. The van der Waals surface area contributed by atoms with E-state index in [-0.39, 0.29) is 18.0 Å². The summed E-state index contributed by atoms with van der Waals surface area (Å²) in [6.45, 7) is 0.847. The second kappa shape index (κ2) is 7.20. The Bertz CT molecular complexity index is 492. The molecule has 1 fully saturated rings. The summed E-state index contributed by atoms with van der Waals surface area (Å²) in [7, 11) is 1.58. The van der Waals surface area contributed by atoms with Crippen molar-refractivity contribution < 1.29 is 13.9 Å². The molecular formula is C15H20ClFN2O2. The molecule has 4 nitrogen and oxygen atoms in total. The largest absolute Gasteiger partial charge is 0.383 e. The van der Waals surface area contributed by atoms with Gasteiger partial charge in [-0.25, -0.2) is 4.39 Å². The van der Waals surface area contributed by atoms with Gasteiger partial charge in [0.05, 0.1) is 12.6 Å². The van der Waals surface area contributed by atoms with Gasteiger partial charge in [-0.05, 0) is 36.6 Å². The molecule has 1 heterocycles. The average molecular weight is 315 g/mol. The van der Waals surface area contributed by atoms with Gasteiger partial charge < -0.3 is 15.4 Å². The Morgan fingerprint density at radius 2 is 2.24 bits per heavy atom. The Morgan fingerprint density at radius 3 is 2.90 bits per heavy atom. The number of nitrogens with two attached hydrogens (primary N) is 1. The molecule has 1 aromatic rings. The van der Waals surface area contributed by atoms with Gasteiger partial charge in [0.25, 0.3) is 0 Å². The summed E-state index contributed by atoms with van der Waals surface area (Å²) in [5.41, 5.74) is 6.87. The number of likely N-dealkylation sites (tertiary alicyclic amines) is 1. The number of benzene rings is 1. The van der Waals surface area contributed by atoms with Crippen molar-refractivity contribution in [2.24, 2.45) is 5.73 Å². The average Bonchev–Trinajstić information content (AvgIpc) is 2.54. The second-order valence-electron chi connectivity index (χ2n) is 5.28. The summed E-state index contributed by atoms with van der Waals surface area (Å²) in [6, 6.07) is 3.70. The van der Waals surface area contributed by atoms with E-state index in [0.717, 1.165) is 6.42 Å². The maximum Gasteiger partial charge on any atom is 0.223 e. The lowest BCUT2D eigenvalue weighted by molar-refractivity contribution is -0.134. The number of hydrogen-bond donors (Lipinski definition) is 1. The zero-order valence-electron chi connectivity index (χ0n) is 12.0. The zero-order chi connectivity index (χ0) is 15.4. The van der Waals surface area contributed by atoms with Crippen molar-refractivity contribution in [2.75, 3.05) is 20.3 Å². The van der Waals surface area contributed by atoms with Crippen molar-refractivity contribution in [1.29, 1.82) is 0 Å². The van der Waals surface area contributed by atoms with Crippen molar-refractivity contribution in [1.82, 2.24) is 4.90 Å². The van der Waals surface area contributed by atoms with Crippen LogP contribution < -0.4 is 5.73 Å². The zero-order valence-corrected chi connectivity index (χ0v) is 12.8. The van der Waals surface area contributed by atoms with Gasteiger partial charge in [-0.1, -0.05) is 11.6 Å². The first kappa shape index (κ1) is 16.2. The van der Waals surface area contributed by atoms with Crippen LogP contribution in [0.25, 0.3) is 0 Å². The smallest absolute Gasteiger partial charge is 0.223 e. The number of rotatable bonds is 4. The minimum absolute atomic E-state index is 0.0189. The van der Waals surface area contributed by atoms with Crippen LogP contribution in [0.5, 0.6) is 0 Å². The molecule has 2 N–H and O–H groups in total. The first-order valence-corrected chi connectivity index (χ1v) is 7.40. The van der Waals surface area contributed by atoms with Crippen molar-refractivity contribution in [3.05, 3.63) is 34.6 Å². The molecule has 1 aliphatic rings. The molecule has 0 aliphatic carbocycles. The Morgan fingerprint density at radius 1 is 1.48 bits per heavy atom. The van der Waals surface area contributed by atoms with Crippen molar-refractivity contribution in [3.8, 4) is 0 Å². The number of ether oxygens (including phenoxy) is 1. The molecule has 1 aliphatic heterocycles. The van der Waals surface area contributed by atoms with Gasteiger partial charge in [0.2, 0.25) is 5.91 Å². The van der Waals surface area contributed by atoms with Gasteiger partial charge in [-0.15, -0.1) is 0 Å². The van der Waals surface area contributed by atoms with Gasteiger partial charge in [-0.2, -0.15) is 0 Å². The van der Waals surface area contributed by atoms with Crippen LogP contribution in [0.4, 0.5) is 4.39 Å². The summed E-state index contributed by atoms with van der Waals surface area (Å²) in [5.74, 6) is -0.404. The van der Waals surface area contributed by atoms with Crippen molar-refractivity contribution in [3.63, 3.8) is 0 Å². The second-order valence-corrected chi connectivity index (χ2v) is 5.72. The number of methoxy groups -OCH3 is 1. The van der Waals surface area contributed by atoms with Crippen LogP contribution in [0.15, 0.2) is 18.2 Å². The van der Waals surface area contributed by atoms with Gasteiger partial charge in [-0.3, -0.25) is 4.79 Å². The summed E-state index contributed by atoms with van der Waals surface area (Å²) < 4.78 is 18.7. The van der Waals surface area contributed by atoms with Crippen LogP contribution in [0, 0.1) is 5.82 Å². The Hall–Kier alpha value is -1.17. The highest BCUT2D eigenvalue weighted by Gasteiger charge is 2.33. The van der Waals surface area contributed by atoms with Crippen molar-refractivity contribution >= 4 is 17.5 Å². The lowest BCUT2D eigenvalue weighted by Gasteiger charge is -2.34. The van der Waals surface area contributed by atoms with Crippen LogP contribution in [0.3, 0.4) is 0 Å². The Kier molecular flexibility index (Phi) is 5.56. The van der Waals surface area contributed by atoms with Crippen LogP contribution in [-0.4, -0.2) is 37.1 Å². The highest BCUT2D eigenvalue weighted by molar-refractivity contribution is 6.30. The summed E-state index contributed by atoms with van der Waals surface area (Å²) in [6.07, 6.45) is 1.91. The molecule has 1 amide bonds. The number of amides is 1. The molecule has 2 rings (SSSR count). The predicted octanol–water partition coefficient (Wildman–Crippen LogP) is 2.51. The molecule has 21 heavy (non-hydrogen) atoms. The molecule has 0 spiro atoms. The molecule has 1 saturated heterocycles. The fraction of sp³-hybridized carbons (Fsp3) is 0.533. The minimum atomic E-state index is -0.423. The van der Waals surface area contributed by atoms with E-state index in [1.54, 1.807) is 18.1 Å². The number of nitrogens with zero attached hydrogens (tertiary/aromatic N) is 1. The quantitative estimate of drug-likeness (QED) is 0.929. The van der Waals surface area contributed by atoms with E-state index >= 15 is 0 Å². The van der Waals surface area contributed by atoms with Crippen LogP contribution in [0.2, 0.25) is 5.02 Å². The fourth-order valence-corrected chi connectivity index (χ4v) is 3.03. The van der Waals surface area contributed by atoms with Crippen LogP contribution >= 0.6 is 11.6 Å². The number of halogens is 2. The molecule has 116 valence electrons. The van der Waals surface area contributed by atoms with E-state index in [4.69, 9.17) is 22.1 Å². The Balaban J connectivity index is 2.38. The molecule has 2 unspecified atom stereocenters. The first-order valence-electron chi connectivity index (χ1n) is 7.03. The molecule has 0 saturated carbocycles. The lowest BCUT2D eigenvalue weighted by atomic mass is 9.96. The third-order valence-corrected chi connectivity index (χ3v) is 3.97. The third-order valence-electron chi connectivity index (χ3n) is 3.75. The fourth-order valence-electron chi connectivity index (χ4n) is 2.80. The van der Waals surface area contributed by atoms with Crippen LogP contribution in [0.1, 0.15) is 30.9 Å². The normalized spacial score (nSPS) is 23.2. The number of carbonyl (C=O) groups excluding carboxylic acids is 1. The molecule has 0 bridgehead atoms. The molecule has 1 aromatic carbocycles. The predicted molar refractivity (Wildman–Crippen MR) is 79.6 cm³/mol. The Labute approximate surface area is 129 Å². The van der Waals surface area contributed by atoms with E-state index in [0.29, 0.717) is 36.6 Å². The maximum absolute atomic E-state index is 13.6. The minimum Gasteiger partial charge on any atom is -0.383 e. The van der Waals surface area contributed by atoms with Crippen LogP contribution in [-0.2, 0) is 9.53 Å². The van der Waals surface area contributed by atoms with Gasteiger partial charge >= 0.3 is 0 Å². The van der Waals surface area contributed by atoms with E-state index in [1.807, 2.05) is 0 Å². The molecular weight excluding hydrogens is 295 g/mol. The van der Waals surface area contributed by atoms with E-state index in [2.05, 4.69) is 0 Å². The standard InChI is InChI=1S/C15H20ClFN2O2/c1-21-6-5-19-14(20)4-2-3-13(18)15(19)10-7-11(16)9-12(17)8-10/h7-9,13,15H,2-6,18H2,1H3. The molecule has 6 heteroatoms. The summed E-state index contributed by atoms with van der Waals surface area (Å²) >= 11 is 5.94. The third kappa shape index (κ3) is 3.93. The summed E-state index contributed by atoms with van der Waals surface area (Å²) in [4.78, 5) is 14.0. The SMILES string of the molecule is COCCN1C(=O)CCCC(N)C1c1cc(F)cc(Cl)c1. The first-order chi connectivity index (χ1) is 10.0. The van der Waals surface area contributed by atoms with Gasteiger partial charge in [0.1, 0.15) is 5.82 Å². The van der Waals surface area contributed by atoms with Gasteiger partial charge in [0, 0.05) is 31.1 Å². The van der Waals surface area contributed by atoms with Crippen molar-refractivity contribution in [2.45, 2.75) is 31.3 Å². The highest BCUT2D eigenvalue weighted by Crippen LogP contribution is 2.31. The highest BCUT2D eigenvalue weighted by atomic mass is 35.5. The van der Waals surface area contributed by atoms with Gasteiger partial charge in [0.15, 0.2) is 0 Å². The molecule has 0 radical (unpaired) electrons. The topological polar surface area (TPSA) is 55.6 Å². The molecule has 0 aromatic heterocycles. The van der Waals surface area contributed by atoms with E-state index < -0.39 is 5.82 Å². The number of carbonyl (C=O) groups is 1. The lowest BCUT2D eigenvalue weighted by Crippen LogP contribution is -2.43. The molecule has 2 atom stereocenters. The summed E-state index contributed by atoms with van der Waals surface area (Å²) in [5, 5.41) is 0.306. The maximum atomic E-state index is 13.6. The van der Waals surface area contributed by atoms with E-state index in [1.165, 1.54) is 12.1 Å². The van der Waals surface area contributed by atoms with E-state index in [9.17, 15) is 9.18 Å². The number of hydrogen-bond acceptors (Lipinski definition) is 3.